The molecule has 5 rings (SSSR count). The third-order valence-corrected chi connectivity index (χ3v) is 5.41. The molecular formula is C24H22N6O. The van der Waals surface area contributed by atoms with Crippen LogP contribution in [-0.2, 0) is 13.0 Å². The summed E-state index contributed by atoms with van der Waals surface area (Å²) in [5.41, 5.74) is 5.16. The standard InChI is InChI=1S/C24H22N6O/c1-16(31)23-26-13-9-21(28-23)30-14-10-19-20(15-30)27-24(18-7-11-25-12-8-18)29-22(19)17-5-3-2-4-6-17/h2-9,11-13,16,31H,10,14-15H2,1H3/t16-/m1/s1. The van der Waals surface area contributed by atoms with Crippen LogP contribution in [0.15, 0.2) is 67.1 Å². The molecule has 0 bridgehead atoms. The van der Waals surface area contributed by atoms with Gasteiger partial charge in [0.05, 0.1) is 17.9 Å². The zero-order valence-corrected chi connectivity index (χ0v) is 17.2. The SMILES string of the molecule is C[C@@H](O)c1nccc(N2CCc3c(nc(-c4ccncc4)nc3-c3ccccc3)C2)n1. The Balaban J connectivity index is 1.59. The Bertz CT molecular complexity index is 1200. The van der Waals surface area contributed by atoms with Crippen LogP contribution in [0.2, 0.25) is 0 Å². The summed E-state index contributed by atoms with van der Waals surface area (Å²) in [4.78, 5) is 24.9. The van der Waals surface area contributed by atoms with Gasteiger partial charge < -0.3 is 10.0 Å². The van der Waals surface area contributed by atoms with Crippen LogP contribution in [0, 0.1) is 0 Å². The van der Waals surface area contributed by atoms with Crippen LogP contribution < -0.4 is 4.90 Å². The fourth-order valence-corrected chi connectivity index (χ4v) is 3.83. The summed E-state index contributed by atoms with van der Waals surface area (Å²) in [6, 6.07) is 16.0. The van der Waals surface area contributed by atoms with Crippen molar-refractivity contribution in [2.45, 2.75) is 26.0 Å². The van der Waals surface area contributed by atoms with Gasteiger partial charge in [0.25, 0.3) is 0 Å². The minimum atomic E-state index is -0.706. The van der Waals surface area contributed by atoms with E-state index in [-0.39, 0.29) is 0 Å². The molecule has 1 aliphatic rings. The number of fused-ring (bicyclic) bond motifs is 1. The van der Waals surface area contributed by atoms with Crippen molar-refractivity contribution in [1.82, 2.24) is 24.9 Å². The molecule has 1 N–H and O–H groups in total. The van der Waals surface area contributed by atoms with Gasteiger partial charge in [0.1, 0.15) is 11.9 Å². The smallest absolute Gasteiger partial charge is 0.160 e. The van der Waals surface area contributed by atoms with Crippen molar-refractivity contribution in [1.29, 1.82) is 0 Å². The van der Waals surface area contributed by atoms with Crippen LogP contribution in [0.5, 0.6) is 0 Å². The fourth-order valence-electron chi connectivity index (χ4n) is 3.83. The number of benzene rings is 1. The first-order valence-corrected chi connectivity index (χ1v) is 10.3. The Labute approximate surface area is 180 Å². The number of rotatable bonds is 4. The lowest BCUT2D eigenvalue weighted by Crippen LogP contribution is -2.33. The van der Waals surface area contributed by atoms with E-state index in [1.807, 2.05) is 36.4 Å². The van der Waals surface area contributed by atoms with Crippen LogP contribution in [0.25, 0.3) is 22.6 Å². The zero-order valence-electron chi connectivity index (χ0n) is 17.2. The molecule has 1 atom stereocenters. The van der Waals surface area contributed by atoms with Gasteiger partial charge in [-0.05, 0) is 31.5 Å². The largest absolute Gasteiger partial charge is 0.385 e. The molecule has 0 radical (unpaired) electrons. The number of aromatic nitrogens is 5. The lowest BCUT2D eigenvalue weighted by Gasteiger charge is -2.30. The molecular weight excluding hydrogens is 388 g/mol. The maximum Gasteiger partial charge on any atom is 0.160 e. The van der Waals surface area contributed by atoms with E-state index >= 15 is 0 Å². The van der Waals surface area contributed by atoms with Gasteiger partial charge in [0.15, 0.2) is 11.6 Å². The first-order chi connectivity index (χ1) is 15.2. The quantitative estimate of drug-likeness (QED) is 0.550. The summed E-state index contributed by atoms with van der Waals surface area (Å²) in [5.74, 6) is 1.91. The summed E-state index contributed by atoms with van der Waals surface area (Å²) in [6.45, 7) is 3.08. The highest BCUT2D eigenvalue weighted by molar-refractivity contribution is 5.68. The molecule has 0 saturated heterocycles. The Morgan fingerprint density at radius 3 is 2.48 bits per heavy atom. The number of hydrogen-bond acceptors (Lipinski definition) is 7. The molecule has 1 aliphatic heterocycles. The summed E-state index contributed by atoms with van der Waals surface area (Å²) in [7, 11) is 0. The van der Waals surface area contributed by atoms with Gasteiger partial charge in [-0.2, -0.15) is 0 Å². The minimum absolute atomic E-state index is 0.424. The Morgan fingerprint density at radius 2 is 1.71 bits per heavy atom. The summed E-state index contributed by atoms with van der Waals surface area (Å²) < 4.78 is 0. The zero-order chi connectivity index (χ0) is 21.2. The van der Waals surface area contributed by atoms with E-state index in [0.717, 1.165) is 41.3 Å². The van der Waals surface area contributed by atoms with Crippen molar-refractivity contribution < 1.29 is 5.11 Å². The molecule has 0 fully saturated rings. The molecule has 3 aromatic heterocycles. The third kappa shape index (κ3) is 3.87. The van der Waals surface area contributed by atoms with Gasteiger partial charge in [-0.3, -0.25) is 4.98 Å². The van der Waals surface area contributed by atoms with E-state index in [0.29, 0.717) is 18.2 Å². The molecule has 31 heavy (non-hydrogen) atoms. The van der Waals surface area contributed by atoms with Crippen molar-refractivity contribution in [3.63, 3.8) is 0 Å². The third-order valence-electron chi connectivity index (χ3n) is 5.41. The number of nitrogens with zero attached hydrogens (tertiary/aromatic N) is 6. The van der Waals surface area contributed by atoms with Gasteiger partial charge in [-0.25, -0.2) is 19.9 Å². The average molecular weight is 410 g/mol. The van der Waals surface area contributed by atoms with Gasteiger partial charge in [0, 0.05) is 41.8 Å². The second-order valence-corrected chi connectivity index (χ2v) is 7.54. The van der Waals surface area contributed by atoms with Gasteiger partial charge in [-0.1, -0.05) is 30.3 Å². The molecule has 0 unspecified atom stereocenters. The van der Waals surface area contributed by atoms with Crippen molar-refractivity contribution in [3.05, 3.63) is 84.2 Å². The number of anilines is 1. The molecule has 0 saturated carbocycles. The Hall–Kier alpha value is -3.71. The van der Waals surface area contributed by atoms with Crippen LogP contribution in [0.4, 0.5) is 5.82 Å². The van der Waals surface area contributed by atoms with Crippen LogP contribution in [-0.4, -0.2) is 36.6 Å². The van der Waals surface area contributed by atoms with Crippen molar-refractivity contribution in [2.24, 2.45) is 0 Å². The van der Waals surface area contributed by atoms with Crippen molar-refractivity contribution in [3.8, 4) is 22.6 Å². The lowest BCUT2D eigenvalue weighted by atomic mass is 9.98. The molecule has 4 aromatic rings. The van der Waals surface area contributed by atoms with E-state index in [4.69, 9.17) is 9.97 Å². The normalized spacial score (nSPS) is 14.2. The second-order valence-electron chi connectivity index (χ2n) is 7.54. The number of aliphatic hydroxyl groups excluding tert-OH is 1. The number of hydrogen-bond donors (Lipinski definition) is 1. The van der Waals surface area contributed by atoms with E-state index < -0.39 is 6.10 Å². The lowest BCUT2D eigenvalue weighted by molar-refractivity contribution is 0.189. The Kier molecular flexibility index (Phi) is 5.09. The van der Waals surface area contributed by atoms with E-state index in [1.165, 1.54) is 5.56 Å². The molecule has 0 spiro atoms. The van der Waals surface area contributed by atoms with Crippen LogP contribution >= 0.6 is 0 Å². The molecule has 7 nitrogen and oxygen atoms in total. The minimum Gasteiger partial charge on any atom is -0.385 e. The predicted molar refractivity (Wildman–Crippen MR) is 118 cm³/mol. The van der Waals surface area contributed by atoms with Gasteiger partial charge >= 0.3 is 0 Å². The molecule has 154 valence electrons. The van der Waals surface area contributed by atoms with Crippen molar-refractivity contribution in [2.75, 3.05) is 11.4 Å². The molecule has 0 aliphatic carbocycles. The first-order valence-electron chi connectivity index (χ1n) is 10.3. The van der Waals surface area contributed by atoms with Crippen molar-refractivity contribution >= 4 is 5.82 Å². The van der Waals surface area contributed by atoms with E-state index in [1.54, 1.807) is 25.5 Å². The molecule has 4 heterocycles. The summed E-state index contributed by atoms with van der Waals surface area (Å²) in [6.07, 6.45) is 5.31. The highest BCUT2D eigenvalue weighted by Crippen LogP contribution is 2.31. The van der Waals surface area contributed by atoms with Gasteiger partial charge in [-0.15, -0.1) is 0 Å². The van der Waals surface area contributed by atoms with Crippen LogP contribution in [0.1, 0.15) is 30.1 Å². The first kappa shape index (κ1) is 19.3. The maximum atomic E-state index is 9.86. The Morgan fingerprint density at radius 1 is 0.903 bits per heavy atom. The van der Waals surface area contributed by atoms with E-state index in [2.05, 4.69) is 32.0 Å². The molecule has 7 heteroatoms. The van der Waals surface area contributed by atoms with Gasteiger partial charge in [0.2, 0.25) is 0 Å². The van der Waals surface area contributed by atoms with E-state index in [9.17, 15) is 5.11 Å². The highest BCUT2D eigenvalue weighted by Gasteiger charge is 2.24. The summed E-state index contributed by atoms with van der Waals surface area (Å²) >= 11 is 0. The average Bonchev–Trinajstić information content (AvgIpc) is 2.84. The topological polar surface area (TPSA) is 87.9 Å². The predicted octanol–water partition coefficient (Wildman–Crippen LogP) is 3.61. The molecule has 0 amide bonds. The van der Waals surface area contributed by atoms with Crippen LogP contribution in [0.3, 0.4) is 0 Å². The maximum absolute atomic E-state index is 9.86. The second kappa shape index (κ2) is 8.20. The number of aliphatic hydroxyl groups is 1. The summed E-state index contributed by atoms with van der Waals surface area (Å²) in [5, 5.41) is 9.86. The number of pyridine rings is 1. The monoisotopic (exact) mass is 410 g/mol. The highest BCUT2D eigenvalue weighted by atomic mass is 16.3. The fraction of sp³-hybridized carbons (Fsp3) is 0.208. The molecule has 1 aromatic carbocycles.